The molecule has 88 heavy (non-hydrogen) atoms. The molecule has 0 aliphatic rings. The summed E-state index contributed by atoms with van der Waals surface area (Å²) in [4.78, 5) is 136. The number of rotatable bonds is 38. The number of carboxylic acids is 1. The second-order valence-electron chi connectivity index (χ2n) is 21.7. The summed E-state index contributed by atoms with van der Waals surface area (Å²) in [6.45, 7) is 6.11. The fourth-order valence-electron chi connectivity index (χ4n) is 8.81. The van der Waals surface area contributed by atoms with E-state index in [-0.39, 0.29) is 119 Å². The molecule has 30 nitrogen and oxygen atoms in total. The molecule has 0 spiro atoms. The van der Waals surface area contributed by atoms with E-state index in [0.29, 0.717) is 16.7 Å². The fourth-order valence-corrected chi connectivity index (χ4v) is 8.81. The highest BCUT2D eigenvalue weighted by molar-refractivity contribution is 5.97. The van der Waals surface area contributed by atoms with Gasteiger partial charge >= 0.3 is 5.97 Å². The molecule has 30 heteroatoms. The number of phenols is 2. The Morgan fingerprint density at radius 2 is 0.807 bits per heavy atom. The molecule has 0 fully saturated rings. The lowest BCUT2D eigenvalue weighted by Gasteiger charge is -2.27. The number of aliphatic imine (C=N–C) groups is 3. The Bertz CT molecular complexity index is 2860. The molecule has 0 radical (unpaired) electrons. The number of nitrogens with two attached hydrogens (primary N) is 7. The third-order valence-electron chi connectivity index (χ3n) is 13.4. The smallest absolute Gasteiger partial charge is 0.326 e. The number of nitrogens with zero attached hydrogens (tertiary/aromatic N) is 3. The van der Waals surface area contributed by atoms with Gasteiger partial charge in [-0.15, -0.1) is 0 Å². The first-order valence-electron chi connectivity index (χ1n) is 28.8. The van der Waals surface area contributed by atoms with Crippen LogP contribution in [0.2, 0.25) is 0 Å². The maximum absolute atomic E-state index is 14.6. The van der Waals surface area contributed by atoms with Crippen LogP contribution in [-0.4, -0.2) is 161 Å². The van der Waals surface area contributed by atoms with E-state index in [4.69, 9.17) is 40.1 Å². The summed E-state index contributed by atoms with van der Waals surface area (Å²) in [6.07, 6.45) is -0.0150. The van der Waals surface area contributed by atoms with Crippen molar-refractivity contribution in [2.24, 2.45) is 66.9 Å². The predicted octanol–water partition coefficient (Wildman–Crippen LogP) is -3.09. The summed E-state index contributed by atoms with van der Waals surface area (Å²) < 4.78 is 0. The van der Waals surface area contributed by atoms with E-state index < -0.39 is 114 Å². The van der Waals surface area contributed by atoms with E-state index in [1.165, 1.54) is 36.4 Å². The van der Waals surface area contributed by atoms with Gasteiger partial charge in [0.1, 0.15) is 53.8 Å². The number of hydrogen-bond donors (Lipinski definition) is 18. The normalized spacial score (nSPS) is 13.7. The number of nitrogens with one attached hydrogen (secondary N) is 8. The molecular weight excluding hydrogens is 1140 g/mol. The monoisotopic (exact) mass is 1230 g/mol. The quantitative estimate of drug-likeness (QED) is 0.0154. The van der Waals surface area contributed by atoms with Crippen LogP contribution in [0.3, 0.4) is 0 Å². The van der Waals surface area contributed by atoms with Gasteiger partial charge in [-0.05, 0) is 104 Å². The molecule has 0 aliphatic carbocycles. The Kier molecular flexibility index (Phi) is 31.0. The van der Waals surface area contributed by atoms with Gasteiger partial charge in [0.15, 0.2) is 17.9 Å². The summed E-state index contributed by atoms with van der Waals surface area (Å²) in [5.41, 5.74) is 41.1. The van der Waals surface area contributed by atoms with Crippen molar-refractivity contribution in [1.29, 1.82) is 0 Å². The number of carbonyl (C=O) groups excluding carboxylic acids is 8. The Labute approximate surface area is 510 Å². The molecule has 0 unspecified atom stereocenters. The topological polar surface area (TPSA) is 530 Å². The predicted molar refractivity (Wildman–Crippen MR) is 330 cm³/mol. The second kappa shape index (κ2) is 37.6. The summed E-state index contributed by atoms with van der Waals surface area (Å²) in [5.74, 6) is -9.41. The summed E-state index contributed by atoms with van der Waals surface area (Å²) in [6, 6.07) is 9.97. The summed E-state index contributed by atoms with van der Waals surface area (Å²) in [7, 11) is 0. The highest BCUT2D eigenvalue weighted by Crippen LogP contribution is 2.16. The van der Waals surface area contributed by atoms with Crippen LogP contribution in [0.15, 0.2) is 93.8 Å². The molecule has 8 amide bonds. The van der Waals surface area contributed by atoms with E-state index in [0.717, 1.165) is 0 Å². The molecule has 0 saturated heterocycles. The Balaban J connectivity index is 1.94. The van der Waals surface area contributed by atoms with Crippen LogP contribution in [-0.2, 0) is 62.4 Å². The second-order valence-corrected chi connectivity index (χ2v) is 21.7. The number of carbonyl (C=O) groups is 9. The van der Waals surface area contributed by atoms with E-state index >= 15 is 0 Å². The molecule has 3 aromatic rings. The number of aromatic hydroxyl groups is 2. The van der Waals surface area contributed by atoms with Gasteiger partial charge in [-0.1, -0.05) is 82.3 Å². The van der Waals surface area contributed by atoms with Crippen LogP contribution >= 0.6 is 0 Å². The maximum atomic E-state index is 14.6. The van der Waals surface area contributed by atoms with Crippen LogP contribution in [0.25, 0.3) is 0 Å². The van der Waals surface area contributed by atoms with Gasteiger partial charge < -0.3 is 98.0 Å². The SMILES string of the molecule is CC(C)C[C@H](NC(=O)[C@@H](N)Cc1ccc(O)cc1)C(=O)N[C@@H](Cc1ccccc1)C(=O)N[C@@H](Cc1ccc(O)cc1)C(=O)NCC(=O)N[C@@H](CCCN=C(N)N)C(=O)N[C@@H](CCCN=C(N)N)C(=O)N[C@@H](CCCN=C(N)N)C(=O)N[C@H](C(=O)O)C(C)C. The number of benzene rings is 3. The molecular formula is C58H88N18O12. The Hall–Kier alpha value is -9.74. The van der Waals surface area contributed by atoms with Crippen molar-refractivity contribution in [1.82, 2.24) is 42.5 Å². The molecule has 3 aromatic carbocycles. The molecule has 0 aliphatic heterocycles. The van der Waals surface area contributed by atoms with Gasteiger partial charge in [0.05, 0.1) is 12.6 Å². The average molecular weight is 1230 g/mol. The lowest BCUT2D eigenvalue weighted by Crippen LogP contribution is -2.59. The molecule has 8 atom stereocenters. The van der Waals surface area contributed by atoms with Crippen LogP contribution in [0.1, 0.15) is 89.3 Å². The largest absolute Gasteiger partial charge is 0.508 e. The van der Waals surface area contributed by atoms with E-state index in [1.54, 1.807) is 56.3 Å². The minimum Gasteiger partial charge on any atom is -0.508 e. The third kappa shape index (κ3) is 28.0. The maximum Gasteiger partial charge on any atom is 0.326 e. The first kappa shape index (κ1) is 72.5. The van der Waals surface area contributed by atoms with Gasteiger partial charge in [-0.25, -0.2) is 4.79 Å². The number of carboxylic acid groups (broad SMARTS) is 1. The zero-order valence-corrected chi connectivity index (χ0v) is 50.1. The van der Waals surface area contributed by atoms with Gasteiger partial charge in [-0.2, -0.15) is 0 Å². The molecule has 0 aromatic heterocycles. The minimum absolute atomic E-state index is 0.000861. The van der Waals surface area contributed by atoms with Crippen molar-refractivity contribution >= 4 is 71.1 Å². The first-order chi connectivity index (χ1) is 41.6. The van der Waals surface area contributed by atoms with Gasteiger partial charge in [0, 0.05) is 32.5 Å². The van der Waals surface area contributed by atoms with Crippen molar-refractivity contribution in [2.75, 3.05) is 26.2 Å². The minimum atomic E-state index is -1.45. The zero-order valence-electron chi connectivity index (χ0n) is 50.1. The molecule has 0 saturated carbocycles. The number of aliphatic carboxylic acids is 1. The van der Waals surface area contributed by atoms with E-state index in [1.807, 2.05) is 13.8 Å². The van der Waals surface area contributed by atoms with Gasteiger partial charge in [0.25, 0.3) is 0 Å². The van der Waals surface area contributed by atoms with Crippen LogP contribution in [0.4, 0.5) is 0 Å². The Morgan fingerprint density at radius 1 is 0.443 bits per heavy atom. The van der Waals surface area contributed by atoms with E-state index in [2.05, 4.69) is 57.5 Å². The molecule has 3 rings (SSSR count). The van der Waals surface area contributed by atoms with Gasteiger partial charge in [0.2, 0.25) is 47.3 Å². The molecule has 25 N–H and O–H groups in total. The lowest BCUT2D eigenvalue weighted by atomic mass is 9.99. The van der Waals surface area contributed by atoms with Crippen LogP contribution in [0, 0.1) is 11.8 Å². The van der Waals surface area contributed by atoms with Crippen molar-refractivity contribution in [3.63, 3.8) is 0 Å². The number of amides is 8. The standard InChI is InChI=1S/C58H88N18O12/c1-32(2)27-43(73-48(80)39(59)28-35-16-20-37(77)21-17-35)53(85)75-45(29-34-11-6-5-7-12-34)54(86)74-44(30-36-18-22-38(78)23-19-36)49(81)69-31-46(79)70-40(13-8-24-66-56(60)61)50(82)71-41(14-9-25-67-57(62)63)51(83)72-42(15-10-26-68-58(64)65)52(84)76-47(33(3)4)55(87)88/h5-7,11-12,16-23,32-33,39-45,47,77-78H,8-10,13-15,24-31,59H2,1-4H3,(H,69,81)(H,70,79)(H,71,82)(H,72,83)(H,73,80)(H,74,86)(H,75,85)(H,76,84)(H,87,88)(H4,60,61,66)(H4,62,63,67)(H4,64,65,68)/t39-,40-,41-,42-,43-,44-,45-,47-/m0/s1. The summed E-state index contributed by atoms with van der Waals surface area (Å²) >= 11 is 0. The van der Waals surface area contributed by atoms with Crippen molar-refractivity contribution in [3.8, 4) is 11.5 Å². The molecule has 0 heterocycles. The number of guanidine groups is 3. The van der Waals surface area contributed by atoms with Crippen molar-refractivity contribution < 1.29 is 58.5 Å². The van der Waals surface area contributed by atoms with Gasteiger partial charge in [-0.3, -0.25) is 53.3 Å². The summed E-state index contributed by atoms with van der Waals surface area (Å²) in [5, 5.41) is 50.5. The lowest BCUT2D eigenvalue weighted by molar-refractivity contribution is -0.143. The zero-order chi connectivity index (χ0) is 65.5. The van der Waals surface area contributed by atoms with Crippen molar-refractivity contribution in [2.45, 2.75) is 140 Å². The Morgan fingerprint density at radius 3 is 1.23 bits per heavy atom. The van der Waals surface area contributed by atoms with Crippen molar-refractivity contribution in [3.05, 3.63) is 95.6 Å². The fraction of sp³-hybridized carbons (Fsp3) is 0.483. The molecule has 482 valence electrons. The number of hydrogen-bond acceptors (Lipinski definition) is 15. The third-order valence-corrected chi connectivity index (χ3v) is 13.4. The average Bonchev–Trinajstić information content (AvgIpc) is 3.59. The highest BCUT2D eigenvalue weighted by atomic mass is 16.4. The first-order valence-corrected chi connectivity index (χ1v) is 28.8. The van der Waals surface area contributed by atoms with E-state index in [9.17, 15) is 58.5 Å². The molecule has 0 bridgehead atoms. The highest BCUT2D eigenvalue weighted by Gasteiger charge is 2.34. The van der Waals surface area contributed by atoms with Crippen LogP contribution < -0.4 is 82.7 Å². The van der Waals surface area contributed by atoms with Crippen LogP contribution in [0.5, 0.6) is 11.5 Å². The number of phenolic OH excluding ortho intramolecular Hbond substituents is 2.